The number of hydrogen-bond donors (Lipinski definition) is 1. The van der Waals surface area contributed by atoms with Crippen molar-refractivity contribution in [2.24, 2.45) is 5.73 Å². The zero-order chi connectivity index (χ0) is 13.5. The third-order valence-electron chi connectivity index (χ3n) is 3.29. The van der Waals surface area contributed by atoms with E-state index in [0.717, 1.165) is 0 Å². The van der Waals surface area contributed by atoms with Gasteiger partial charge in [0, 0.05) is 0 Å². The van der Waals surface area contributed by atoms with Crippen LogP contribution in [0.4, 0.5) is 4.39 Å². The van der Waals surface area contributed by atoms with Crippen LogP contribution in [0, 0.1) is 5.82 Å². The van der Waals surface area contributed by atoms with Crippen LogP contribution in [-0.4, -0.2) is 22.8 Å². The van der Waals surface area contributed by atoms with Gasteiger partial charge in [0.1, 0.15) is 5.82 Å². The first-order valence-electron chi connectivity index (χ1n) is 5.72. The van der Waals surface area contributed by atoms with E-state index in [0.29, 0.717) is 5.56 Å². The summed E-state index contributed by atoms with van der Waals surface area (Å²) in [7, 11) is 0. The van der Waals surface area contributed by atoms with Gasteiger partial charge in [0.05, 0.1) is 18.0 Å². The summed E-state index contributed by atoms with van der Waals surface area (Å²) >= 11 is 0. The van der Waals surface area contributed by atoms with Crippen LogP contribution >= 0.6 is 0 Å². The number of nitrogens with two attached hydrogens (primary N) is 1. The van der Waals surface area contributed by atoms with Crippen molar-refractivity contribution in [3.63, 3.8) is 0 Å². The number of halogens is 1. The largest absolute Gasteiger partial charge is 0.319 e. The Morgan fingerprint density at radius 2 is 1.83 bits per heavy atom. The van der Waals surface area contributed by atoms with Crippen LogP contribution in [0.5, 0.6) is 0 Å². The lowest BCUT2D eigenvalue weighted by molar-refractivity contribution is -0.145. The number of imide groups is 1. The highest BCUT2D eigenvalue weighted by Gasteiger charge is 2.45. The zero-order valence-corrected chi connectivity index (χ0v) is 10.3. The molecule has 1 heterocycles. The van der Waals surface area contributed by atoms with Gasteiger partial charge in [-0.05, 0) is 31.5 Å². The minimum atomic E-state index is -0.823. The lowest BCUT2D eigenvalue weighted by atomic mass is 9.92. The fourth-order valence-electron chi connectivity index (χ4n) is 2.23. The van der Waals surface area contributed by atoms with Crippen LogP contribution < -0.4 is 5.73 Å². The lowest BCUT2D eigenvalue weighted by Gasteiger charge is -2.34. The molecule has 1 aromatic rings. The Balaban J connectivity index is 2.39. The molecule has 1 aliphatic rings. The number of amides is 2. The van der Waals surface area contributed by atoms with Crippen molar-refractivity contribution in [3.05, 3.63) is 35.6 Å². The number of rotatable bonds is 2. The maximum absolute atomic E-state index is 12.9. The first kappa shape index (κ1) is 12.7. The number of hydrogen-bond acceptors (Lipinski definition) is 3. The summed E-state index contributed by atoms with van der Waals surface area (Å²) in [6, 6.07) is 4.99. The highest BCUT2D eigenvalue weighted by molar-refractivity contribution is 6.06. The lowest BCUT2D eigenvalue weighted by Crippen LogP contribution is -2.47. The van der Waals surface area contributed by atoms with Crippen molar-refractivity contribution >= 4 is 11.8 Å². The van der Waals surface area contributed by atoms with Crippen molar-refractivity contribution < 1.29 is 14.0 Å². The average molecular weight is 250 g/mol. The van der Waals surface area contributed by atoms with Crippen molar-refractivity contribution in [3.8, 4) is 0 Å². The molecule has 0 aliphatic carbocycles. The summed E-state index contributed by atoms with van der Waals surface area (Å²) in [5.74, 6) is -1.03. The van der Waals surface area contributed by atoms with Gasteiger partial charge < -0.3 is 5.73 Å². The predicted octanol–water partition coefficient (Wildman–Crippen LogP) is 1.15. The molecule has 1 fully saturated rings. The van der Waals surface area contributed by atoms with Gasteiger partial charge in [0.15, 0.2) is 0 Å². The Morgan fingerprint density at radius 1 is 1.28 bits per heavy atom. The normalized spacial score (nSPS) is 20.7. The monoisotopic (exact) mass is 250 g/mol. The molecule has 0 saturated carbocycles. The second kappa shape index (κ2) is 4.17. The molecular formula is C13H15FN2O2. The molecule has 4 nitrogen and oxygen atoms in total. The molecule has 0 spiro atoms. The molecule has 96 valence electrons. The van der Waals surface area contributed by atoms with E-state index in [9.17, 15) is 14.0 Å². The van der Waals surface area contributed by atoms with E-state index in [-0.39, 0.29) is 24.1 Å². The Hall–Kier alpha value is -1.75. The van der Waals surface area contributed by atoms with Crippen LogP contribution in [0.3, 0.4) is 0 Å². The topological polar surface area (TPSA) is 63.4 Å². The third kappa shape index (κ3) is 1.90. The highest BCUT2D eigenvalue weighted by Crippen LogP contribution is 2.32. The molecule has 0 bridgehead atoms. The molecular weight excluding hydrogens is 235 g/mol. The van der Waals surface area contributed by atoms with E-state index in [1.54, 1.807) is 26.0 Å². The molecule has 18 heavy (non-hydrogen) atoms. The van der Waals surface area contributed by atoms with Crippen LogP contribution in [0.25, 0.3) is 0 Å². The maximum atomic E-state index is 12.9. The fourth-order valence-corrected chi connectivity index (χ4v) is 2.23. The van der Waals surface area contributed by atoms with Crippen molar-refractivity contribution in [1.29, 1.82) is 0 Å². The number of carbonyl (C=O) groups excluding carboxylic acids is 2. The van der Waals surface area contributed by atoms with E-state index in [1.807, 2.05) is 0 Å². The zero-order valence-electron chi connectivity index (χ0n) is 10.3. The average Bonchev–Trinajstić information content (AvgIpc) is 2.54. The highest BCUT2D eigenvalue weighted by atomic mass is 19.1. The predicted molar refractivity (Wildman–Crippen MR) is 63.9 cm³/mol. The van der Waals surface area contributed by atoms with Gasteiger partial charge in [-0.1, -0.05) is 12.1 Å². The standard InChI is InChI=1S/C13H15FN2O2/c1-13(2,8-3-5-9(14)6-4-8)16-11(17)7-10(15)12(16)18/h3-6,10H,7,15H2,1-2H3/t10-/m0/s1. The maximum Gasteiger partial charge on any atom is 0.247 e. The Morgan fingerprint density at radius 3 is 2.28 bits per heavy atom. The SMILES string of the molecule is CC(C)(c1ccc(F)cc1)N1C(=O)C[C@H](N)C1=O. The molecule has 1 aromatic carbocycles. The van der Waals surface area contributed by atoms with Crippen molar-refractivity contribution in [1.82, 2.24) is 4.90 Å². The van der Waals surface area contributed by atoms with Gasteiger partial charge in [-0.2, -0.15) is 0 Å². The van der Waals surface area contributed by atoms with Crippen molar-refractivity contribution in [2.45, 2.75) is 31.8 Å². The smallest absolute Gasteiger partial charge is 0.247 e. The second-order valence-corrected chi connectivity index (χ2v) is 4.94. The molecule has 1 atom stereocenters. The molecule has 1 saturated heterocycles. The number of likely N-dealkylation sites (tertiary alicyclic amines) is 1. The fraction of sp³-hybridized carbons (Fsp3) is 0.385. The minimum absolute atomic E-state index is 0.0312. The van der Waals surface area contributed by atoms with Crippen LogP contribution in [0.15, 0.2) is 24.3 Å². The molecule has 5 heteroatoms. The third-order valence-corrected chi connectivity index (χ3v) is 3.29. The van der Waals surface area contributed by atoms with E-state index < -0.39 is 11.6 Å². The molecule has 2 N–H and O–H groups in total. The Labute approximate surface area is 105 Å². The molecule has 0 radical (unpaired) electrons. The van der Waals surface area contributed by atoms with Gasteiger partial charge >= 0.3 is 0 Å². The van der Waals surface area contributed by atoms with Gasteiger partial charge in [0.2, 0.25) is 11.8 Å². The molecule has 0 unspecified atom stereocenters. The Bertz CT molecular complexity index is 496. The van der Waals surface area contributed by atoms with Gasteiger partial charge in [-0.15, -0.1) is 0 Å². The van der Waals surface area contributed by atoms with E-state index >= 15 is 0 Å². The summed E-state index contributed by atoms with van der Waals surface area (Å²) in [4.78, 5) is 24.9. The van der Waals surface area contributed by atoms with Gasteiger partial charge in [-0.25, -0.2) is 4.39 Å². The Kier molecular flexibility index (Phi) is 2.94. The first-order chi connectivity index (χ1) is 8.34. The van der Waals surface area contributed by atoms with Crippen LogP contribution in [0.2, 0.25) is 0 Å². The van der Waals surface area contributed by atoms with Gasteiger partial charge in [0.25, 0.3) is 0 Å². The molecule has 2 rings (SSSR count). The summed E-state index contributed by atoms with van der Waals surface area (Å²) in [6.07, 6.45) is 0.0312. The summed E-state index contributed by atoms with van der Waals surface area (Å²) in [5, 5.41) is 0. The van der Waals surface area contributed by atoms with Crippen molar-refractivity contribution in [2.75, 3.05) is 0 Å². The second-order valence-electron chi connectivity index (χ2n) is 4.94. The number of benzene rings is 1. The molecule has 2 amide bonds. The summed E-state index contributed by atoms with van der Waals surface area (Å²) in [5.41, 5.74) is 5.46. The van der Waals surface area contributed by atoms with E-state index in [4.69, 9.17) is 5.73 Å². The summed E-state index contributed by atoms with van der Waals surface area (Å²) in [6.45, 7) is 3.49. The quantitative estimate of drug-likeness (QED) is 0.801. The van der Waals surface area contributed by atoms with E-state index in [1.165, 1.54) is 17.0 Å². The number of nitrogens with zero attached hydrogens (tertiary/aromatic N) is 1. The molecule has 1 aliphatic heterocycles. The van der Waals surface area contributed by atoms with Crippen LogP contribution in [0.1, 0.15) is 25.8 Å². The van der Waals surface area contributed by atoms with E-state index in [2.05, 4.69) is 0 Å². The number of carbonyl (C=O) groups is 2. The van der Waals surface area contributed by atoms with Crippen LogP contribution in [-0.2, 0) is 15.1 Å². The van der Waals surface area contributed by atoms with Gasteiger partial charge in [-0.3, -0.25) is 14.5 Å². The molecule has 0 aromatic heterocycles. The first-order valence-corrected chi connectivity index (χ1v) is 5.72. The minimum Gasteiger partial charge on any atom is -0.319 e. The summed E-state index contributed by atoms with van der Waals surface area (Å²) < 4.78 is 12.9.